The molecule has 0 fully saturated rings. The van der Waals surface area contributed by atoms with Gasteiger partial charge in [-0.3, -0.25) is 0 Å². The van der Waals surface area contributed by atoms with Crippen molar-refractivity contribution in [3.8, 4) is 34.1 Å². The number of nitrogens with one attached hydrogen (secondary N) is 1. The molecule has 10 heteroatoms. The van der Waals surface area contributed by atoms with E-state index in [2.05, 4.69) is 5.32 Å². The summed E-state index contributed by atoms with van der Waals surface area (Å²) in [5, 5.41) is 4.52. The Balaban J connectivity index is 1.61. The highest BCUT2D eigenvalue weighted by atomic mass is 19.4. The Morgan fingerprint density at radius 1 is 0.816 bits per heavy atom. The molecule has 4 aromatic rings. The van der Waals surface area contributed by atoms with E-state index in [4.69, 9.17) is 23.7 Å². The van der Waals surface area contributed by atoms with Crippen molar-refractivity contribution in [2.45, 2.75) is 12.8 Å². The van der Waals surface area contributed by atoms with Gasteiger partial charge in [-0.15, -0.1) is 0 Å². The van der Waals surface area contributed by atoms with Gasteiger partial charge in [-0.2, -0.15) is 13.2 Å². The van der Waals surface area contributed by atoms with E-state index >= 15 is 0 Å². The largest absolute Gasteiger partial charge is 0.493 e. The summed E-state index contributed by atoms with van der Waals surface area (Å²) in [5.74, 6) is 1.51. The van der Waals surface area contributed by atoms with Crippen molar-refractivity contribution in [3.63, 3.8) is 0 Å². The number of hydrogen-bond donors (Lipinski definition) is 1. The van der Waals surface area contributed by atoms with Crippen molar-refractivity contribution < 1.29 is 41.7 Å². The first-order valence-electron chi connectivity index (χ1n) is 11.5. The molecule has 0 radical (unpaired) electrons. The van der Waals surface area contributed by atoms with Gasteiger partial charge in [0.1, 0.15) is 6.61 Å². The molecule has 0 saturated heterocycles. The fraction of sp³-hybridized carbons (Fsp3) is 0.179. The summed E-state index contributed by atoms with van der Waals surface area (Å²) >= 11 is 0. The Morgan fingerprint density at radius 3 is 2.18 bits per heavy atom. The third-order valence-corrected chi connectivity index (χ3v) is 6.61. The number of carbonyl (C=O) groups excluding carboxylic acids is 1. The standard InChI is InChI=1S/C28H20F3NO6/c1-34-21-10-17-18(11-22(21)35-2)26(32-16-6-4-15(5-7-16)28(29,30)31)19-12-36-27(33)25(19)24(17)14-3-8-20-23(9-14)38-13-37-20/h3-11,32H,12-13H2,1-2H3. The molecule has 0 bridgehead atoms. The van der Waals surface area contributed by atoms with Crippen molar-refractivity contribution >= 4 is 28.1 Å². The first-order chi connectivity index (χ1) is 18.3. The summed E-state index contributed by atoms with van der Waals surface area (Å²) in [7, 11) is 3.01. The van der Waals surface area contributed by atoms with Gasteiger partial charge in [0.2, 0.25) is 6.79 Å². The van der Waals surface area contributed by atoms with Crippen molar-refractivity contribution in [3.05, 3.63) is 71.3 Å². The molecule has 0 atom stereocenters. The van der Waals surface area contributed by atoms with Gasteiger partial charge in [-0.25, -0.2) is 4.79 Å². The molecule has 2 heterocycles. The van der Waals surface area contributed by atoms with Crippen LogP contribution in [0.1, 0.15) is 21.5 Å². The molecule has 0 unspecified atom stereocenters. The van der Waals surface area contributed by atoms with Crippen LogP contribution < -0.4 is 24.3 Å². The number of anilines is 2. The van der Waals surface area contributed by atoms with E-state index in [-0.39, 0.29) is 13.4 Å². The maximum atomic E-state index is 13.1. The lowest BCUT2D eigenvalue weighted by atomic mass is 9.88. The number of halogens is 3. The Morgan fingerprint density at radius 2 is 1.50 bits per heavy atom. The molecule has 0 saturated carbocycles. The highest BCUT2D eigenvalue weighted by molar-refractivity contribution is 6.16. The molecule has 0 aromatic heterocycles. The predicted octanol–water partition coefficient (Wildman–Crippen LogP) is 6.69. The molecule has 0 amide bonds. The zero-order valence-corrected chi connectivity index (χ0v) is 20.2. The number of rotatable bonds is 5. The lowest BCUT2D eigenvalue weighted by molar-refractivity contribution is -0.137. The van der Waals surface area contributed by atoms with Gasteiger partial charge in [0, 0.05) is 22.2 Å². The zero-order chi connectivity index (χ0) is 26.6. The van der Waals surface area contributed by atoms with Crippen LogP contribution in [0.4, 0.5) is 24.5 Å². The van der Waals surface area contributed by atoms with E-state index in [0.717, 1.165) is 12.1 Å². The summed E-state index contributed by atoms with van der Waals surface area (Å²) < 4.78 is 66.9. The number of carbonyl (C=O) groups is 1. The van der Waals surface area contributed by atoms with Crippen LogP contribution in [0, 0.1) is 0 Å². The van der Waals surface area contributed by atoms with Gasteiger partial charge >= 0.3 is 12.1 Å². The molecule has 0 spiro atoms. The van der Waals surface area contributed by atoms with Crippen molar-refractivity contribution in [1.82, 2.24) is 0 Å². The topological polar surface area (TPSA) is 75.3 Å². The summed E-state index contributed by atoms with van der Waals surface area (Å²) in [6, 6.07) is 13.6. The van der Waals surface area contributed by atoms with Crippen LogP contribution in [0.5, 0.6) is 23.0 Å². The minimum absolute atomic E-state index is 0.0149. The van der Waals surface area contributed by atoms with Gasteiger partial charge < -0.3 is 29.0 Å². The van der Waals surface area contributed by atoms with Crippen LogP contribution in [-0.2, 0) is 17.5 Å². The second-order valence-electron chi connectivity index (χ2n) is 8.70. The summed E-state index contributed by atoms with van der Waals surface area (Å²) in [5.41, 5.74) is 2.39. The smallest absolute Gasteiger partial charge is 0.416 e. The van der Waals surface area contributed by atoms with Gasteiger partial charge in [0.25, 0.3) is 0 Å². The van der Waals surface area contributed by atoms with Gasteiger partial charge in [-0.1, -0.05) is 6.07 Å². The predicted molar refractivity (Wildman–Crippen MR) is 132 cm³/mol. The molecule has 38 heavy (non-hydrogen) atoms. The quantitative estimate of drug-likeness (QED) is 0.292. The average Bonchev–Trinajstić information content (AvgIpc) is 3.54. The van der Waals surface area contributed by atoms with Crippen molar-refractivity contribution in [2.75, 3.05) is 26.3 Å². The number of methoxy groups -OCH3 is 2. The number of benzene rings is 4. The number of cyclic esters (lactones) is 1. The Kier molecular flexibility index (Phi) is 5.48. The third kappa shape index (κ3) is 3.80. The van der Waals surface area contributed by atoms with E-state index in [1.807, 2.05) is 6.07 Å². The normalized spacial score (nSPS) is 13.9. The monoisotopic (exact) mass is 523 g/mol. The van der Waals surface area contributed by atoms with E-state index in [1.54, 1.807) is 24.3 Å². The Bertz CT molecular complexity index is 1600. The van der Waals surface area contributed by atoms with E-state index < -0.39 is 17.7 Å². The Hall–Kier alpha value is -4.60. The molecule has 2 aliphatic heterocycles. The van der Waals surface area contributed by atoms with Crippen LogP contribution in [0.15, 0.2) is 54.6 Å². The first-order valence-corrected chi connectivity index (χ1v) is 11.5. The summed E-state index contributed by atoms with van der Waals surface area (Å²) in [4.78, 5) is 13.1. The lowest BCUT2D eigenvalue weighted by Gasteiger charge is -2.20. The van der Waals surface area contributed by atoms with Gasteiger partial charge in [0.15, 0.2) is 23.0 Å². The number of hydrogen-bond acceptors (Lipinski definition) is 7. The van der Waals surface area contributed by atoms with E-state index in [9.17, 15) is 18.0 Å². The van der Waals surface area contributed by atoms with Crippen LogP contribution in [0.3, 0.4) is 0 Å². The molecule has 1 N–H and O–H groups in total. The highest BCUT2D eigenvalue weighted by Crippen LogP contribution is 2.49. The molecule has 7 nitrogen and oxygen atoms in total. The molecular weight excluding hydrogens is 503 g/mol. The van der Waals surface area contributed by atoms with Gasteiger partial charge in [0.05, 0.1) is 31.0 Å². The SMILES string of the molecule is COc1cc2c(Nc3ccc(C(F)(F)F)cc3)c3c(c(-c4ccc5c(c4)OCO5)c2cc1OC)C(=O)OC3. The first kappa shape index (κ1) is 23.8. The third-order valence-electron chi connectivity index (χ3n) is 6.61. The summed E-state index contributed by atoms with van der Waals surface area (Å²) in [6.07, 6.45) is -4.46. The van der Waals surface area contributed by atoms with Crippen LogP contribution in [0.2, 0.25) is 0 Å². The number of esters is 1. The van der Waals surface area contributed by atoms with Crippen molar-refractivity contribution in [1.29, 1.82) is 0 Å². The molecule has 0 aliphatic carbocycles. The molecule has 194 valence electrons. The second kappa shape index (κ2) is 8.76. The highest BCUT2D eigenvalue weighted by Gasteiger charge is 2.33. The number of fused-ring (bicyclic) bond motifs is 3. The van der Waals surface area contributed by atoms with Crippen LogP contribution in [0.25, 0.3) is 21.9 Å². The molecular formula is C28H20F3NO6. The molecule has 6 rings (SSSR count). The van der Waals surface area contributed by atoms with Crippen molar-refractivity contribution in [2.24, 2.45) is 0 Å². The van der Waals surface area contributed by atoms with Crippen LogP contribution >= 0.6 is 0 Å². The maximum absolute atomic E-state index is 13.1. The number of alkyl halides is 3. The average molecular weight is 523 g/mol. The minimum atomic E-state index is -4.46. The maximum Gasteiger partial charge on any atom is 0.416 e. The Labute approximate surface area is 214 Å². The van der Waals surface area contributed by atoms with Gasteiger partial charge in [-0.05, 0) is 59.5 Å². The minimum Gasteiger partial charge on any atom is -0.493 e. The van der Waals surface area contributed by atoms with Crippen LogP contribution in [-0.4, -0.2) is 27.0 Å². The molecule has 2 aliphatic rings. The fourth-order valence-electron chi connectivity index (χ4n) is 4.83. The van der Waals surface area contributed by atoms with E-state index in [0.29, 0.717) is 67.4 Å². The summed E-state index contributed by atoms with van der Waals surface area (Å²) in [6.45, 7) is 0.0830. The van der Waals surface area contributed by atoms with E-state index in [1.165, 1.54) is 26.4 Å². The second-order valence-corrected chi connectivity index (χ2v) is 8.70. The lowest BCUT2D eigenvalue weighted by Crippen LogP contribution is -2.05. The molecule has 4 aromatic carbocycles. The number of ether oxygens (including phenoxy) is 5. The zero-order valence-electron chi connectivity index (χ0n) is 20.2. The fourth-order valence-corrected chi connectivity index (χ4v) is 4.83.